The van der Waals surface area contributed by atoms with Crippen molar-refractivity contribution in [3.8, 4) is 0 Å². The molecule has 0 saturated heterocycles. The largest absolute Gasteiger partial charge is 0.470 e. The Kier molecular flexibility index (Phi) is 5.28. The molecule has 0 aliphatic heterocycles. The van der Waals surface area contributed by atoms with Gasteiger partial charge in [-0.15, -0.1) is 0 Å². The highest BCUT2D eigenvalue weighted by Gasteiger charge is 2.34. The highest BCUT2D eigenvalue weighted by Crippen LogP contribution is 2.37. The Labute approximate surface area is 151 Å². The number of nitrogens with zero attached hydrogens (tertiary/aromatic N) is 2. The van der Waals surface area contributed by atoms with Gasteiger partial charge in [-0.1, -0.05) is 34.8 Å². The molecule has 1 atom stereocenters. The highest BCUT2D eigenvalue weighted by molar-refractivity contribution is 6.76. The molecule has 4 nitrogen and oxygen atoms in total. The lowest BCUT2D eigenvalue weighted by Gasteiger charge is -2.21. The van der Waals surface area contributed by atoms with Gasteiger partial charge in [-0.3, -0.25) is 5.41 Å². The van der Waals surface area contributed by atoms with Crippen molar-refractivity contribution < 1.29 is 17.9 Å². The van der Waals surface area contributed by atoms with Crippen molar-refractivity contribution in [3.05, 3.63) is 29.6 Å². The van der Waals surface area contributed by atoms with Crippen LogP contribution >= 0.6 is 34.8 Å². The number of rotatable bonds is 3. The number of aryl methyl sites for hydroxylation is 1. The highest BCUT2D eigenvalue weighted by atomic mass is 35.6. The van der Waals surface area contributed by atoms with Crippen LogP contribution in [0.3, 0.4) is 0 Å². The molecule has 0 bridgehead atoms. The topological polar surface area (TPSA) is 50.9 Å². The summed E-state index contributed by atoms with van der Waals surface area (Å²) in [5.41, 5.74) is -0.0188. The summed E-state index contributed by atoms with van der Waals surface area (Å²) in [6.45, 7) is 3.71. The van der Waals surface area contributed by atoms with Gasteiger partial charge in [0, 0.05) is 12.1 Å². The normalized spacial score (nSPS) is 14.0. The maximum atomic E-state index is 13.2. The summed E-state index contributed by atoms with van der Waals surface area (Å²) < 4.78 is 44.2. The summed E-state index contributed by atoms with van der Waals surface area (Å²) in [4.78, 5) is 4.15. The predicted molar refractivity (Wildman–Crippen MR) is 87.9 cm³/mol. The molecule has 132 valence electrons. The molecule has 1 heterocycles. The Morgan fingerprint density at radius 3 is 2.46 bits per heavy atom. The molecule has 0 aliphatic rings. The summed E-state index contributed by atoms with van der Waals surface area (Å²) >= 11 is 16.6. The van der Waals surface area contributed by atoms with Crippen molar-refractivity contribution in [1.29, 1.82) is 5.41 Å². The summed E-state index contributed by atoms with van der Waals surface area (Å²) in [6.07, 6.45) is -4.05. The van der Waals surface area contributed by atoms with Gasteiger partial charge in [0.15, 0.2) is 0 Å². The molecule has 0 amide bonds. The third-order valence-electron chi connectivity index (χ3n) is 3.41. The Hall–Kier alpha value is -1.18. The fourth-order valence-corrected chi connectivity index (χ4v) is 2.36. The molecule has 0 radical (unpaired) electrons. The number of halogens is 6. The second kappa shape index (κ2) is 6.61. The van der Waals surface area contributed by atoms with Crippen LogP contribution in [0.1, 0.15) is 31.1 Å². The first-order valence-electron chi connectivity index (χ1n) is 6.83. The Morgan fingerprint density at radius 2 is 1.96 bits per heavy atom. The van der Waals surface area contributed by atoms with Gasteiger partial charge in [-0.05, 0) is 26.0 Å². The quantitative estimate of drug-likeness (QED) is 0.419. The monoisotopic (exact) mass is 401 g/mol. The first kappa shape index (κ1) is 19.1. The summed E-state index contributed by atoms with van der Waals surface area (Å²) in [5.74, 6) is -0.680. The number of nitrogens with one attached hydrogen (secondary N) is 1. The van der Waals surface area contributed by atoms with Crippen molar-refractivity contribution in [2.75, 3.05) is 0 Å². The van der Waals surface area contributed by atoms with Crippen molar-refractivity contribution in [1.82, 2.24) is 9.55 Å². The van der Waals surface area contributed by atoms with Crippen LogP contribution in [-0.2, 0) is 17.5 Å². The minimum absolute atomic E-state index is 0.158. The zero-order valence-electron chi connectivity index (χ0n) is 12.6. The van der Waals surface area contributed by atoms with E-state index in [0.29, 0.717) is 17.6 Å². The third kappa shape index (κ3) is 3.90. The van der Waals surface area contributed by atoms with Gasteiger partial charge in [-0.2, -0.15) is 13.2 Å². The molecule has 24 heavy (non-hydrogen) atoms. The van der Waals surface area contributed by atoms with Crippen LogP contribution in [0.5, 0.6) is 0 Å². The van der Waals surface area contributed by atoms with E-state index in [-0.39, 0.29) is 5.56 Å². The minimum atomic E-state index is -4.53. The van der Waals surface area contributed by atoms with E-state index in [1.807, 2.05) is 0 Å². The van der Waals surface area contributed by atoms with E-state index in [1.165, 1.54) is 13.3 Å². The van der Waals surface area contributed by atoms with Crippen molar-refractivity contribution in [2.45, 2.75) is 36.5 Å². The lowest BCUT2D eigenvalue weighted by Crippen LogP contribution is -2.23. The molecule has 2 aromatic rings. The molecule has 0 fully saturated rings. The number of fused-ring (bicyclic) bond motifs is 1. The molecule has 0 saturated carbocycles. The second-order valence-corrected chi connectivity index (χ2v) is 7.33. The Morgan fingerprint density at radius 1 is 1.33 bits per heavy atom. The number of hydrogen-bond acceptors (Lipinski definition) is 3. The molecule has 1 unspecified atom stereocenters. The van der Waals surface area contributed by atoms with Crippen LogP contribution in [0.15, 0.2) is 18.5 Å². The van der Waals surface area contributed by atoms with Crippen LogP contribution in [0.25, 0.3) is 11.0 Å². The van der Waals surface area contributed by atoms with E-state index in [1.54, 1.807) is 11.5 Å². The average molecular weight is 403 g/mol. The zero-order valence-corrected chi connectivity index (χ0v) is 14.9. The van der Waals surface area contributed by atoms with Crippen LogP contribution in [0.2, 0.25) is 0 Å². The number of aromatic nitrogens is 2. The van der Waals surface area contributed by atoms with Gasteiger partial charge < -0.3 is 9.30 Å². The third-order valence-corrected chi connectivity index (χ3v) is 3.93. The number of benzene rings is 1. The fourth-order valence-electron chi connectivity index (χ4n) is 2.22. The van der Waals surface area contributed by atoms with Gasteiger partial charge in [-0.25, -0.2) is 4.98 Å². The fraction of sp³-hybridized carbons (Fsp3) is 0.429. The summed E-state index contributed by atoms with van der Waals surface area (Å²) in [5, 5.41) is 7.58. The number of alkyl halides is 6. The molecular weight excluding hydrogens is 390 g/mol. The molecule has 1 N–H and O–H groups in total. The van der Waals surface area contributed by atoms with Crippen LogP contribution in [0, 0.1) is 5.41 Å². The minimum Gasteiger partial charge on any atom is -0.470 e. The molecule has 2 rings (SSSR count). The number of imidazole rings is 1. The van der Waals surface area contributed by atoms with Gasteiger partial charge in [0.05, 0.1) is 22.9 Å². The second-order valence-electron chi connectivity index (χ2n) is 5.05. The lowest BCUT2D eigenvalue weighted by atomic mass is 10.0. The first-order valence-corrected chi connectivity index (χ1v) is 7.97. The van der Waals surface area contributed by atoms with Gasteiger partial charge in [0.2, 0.25) is 5.90 Å². The van der Waals surface area contributed by atoms with Crippen LogP contribution < -0.4 is 0 Å². The van der Waals surface area contributed by atoms with E-state index in [4.69, 9.17) is 44.9 Å². The maximum Gasteiger partial charge on any atom is 0.416 e. The molecule has 0 aliphatic carbocycles. The van der Waals surface area contributed by atoms with Crippen LogP contribution in [0.4, 0.5) is 13.2 Å². The Bertz CT molecular complexity index is 768. The van der Waals surface area contributed by atoms with Gasteiger partial charge in [0.1, 0.15) is 6.10 Å². The predicted octanol–water partition coefficient (Wildman–Crippen LogP) is 5.50. The average Bonchev–Trinajstić information content (AvgIpc) is 2.86. The molecule has 1 aromatic carbocycles. The van der Waals surface area contributed by atoms with E-state index >= 15 is 0 Å². The van der Waals surface area contributed by atoms with E-state index in [0.717, 1.165) is 12.1 Å². The molecule has 1 aromatic heterocycles. The molecule has 0 spiro atoms. The summed E-state index contributed by atoms with van der Waals surface area (Å²) in [7, 11) is 0. The Balaban J connectivity index is 2.55. The molecule has 10 heteroatoms. The number of hydrogen-bond donors (Lipinski definition) is 1. The SMILES string of the molecule is CCn1cnc2c(C(C)OC(=N)C(Cl)(Cl)Cl)cc(C(F)(F)F)cc21. The lowest BCUT2D eigenvalue weighted by molar-refractivity contribution is -0.137. The van der Waals surface area contributed by atoms with Crippen molar-refractivity contribution in [3.63, 3.8) is 0 Å². The van der Waals surface area contributed by atoms with E-state index in [9.17, 15) is 13.2 Å². The number of ether oxygens (including phenoxy) is 1. The molecular formula is C14H13Cl3F3N3O. The van der Waals surface area contributed by atoms with Crippen molar-refractivity contribution in [2.24, 2.45) is 0 Å². The first-order chi connectivity index (χ1) is 10.9. The standard InChI is InChI=1S/C14H13Cl3F3N3O/c1-3-23-6-22-11-9(7(2)24-12(21)13(15,16)17)4-8(5-10(11)23)14(18,19)20/h4-7,21H,3H2,1-2H3. The smallest absolute Gasteiger partial charge is 0.416 e. The van der Waals surface area contributed by atoms with E-state index < -0.39 is 27.5 Å². The van der Waals surface area contributed by atoms with Gasteiger partial charge >= 0.3 is 6.18 Å². The van der Waals surface area contributed by atoms with E-state index in [2.05, 4.69) is 4.98 Å². The van der Waals surface area contributed by atoms with Gasteiger partial charge in [0.25, 0.3) is 3.79 Å². The summed E-state index contributed by atoms with van der Waals surface area (Å²) in [6, 6.07) is 1.97. The maximum absolute atomic E-state index is 13.2. The van der Waals surface area contributed by atoms with Crippen molar-refractivity contribution >= 4 is 51.7 Å². The van der Waals surface area contributed by atoms with Crippen LogP contribution in [-0.4, -0.2) is 19.2 Å². The zero-order chi connectivity index (χ0) is 18.3.